The highest BCUT2D eigenvalue weighted by Gasteiger charge is 2.24. The molecule has 5 nitrogen and oxygen atoms in total. The monoisotopic (exact) mass is 324 g/mol. The van der Waals surface area contributed by atoms with E-state index in [1.165, 1.54) is 25.1 Å². The van der Waals surface area contributed by atoms with E-state index in [0.717, 1.165) is 0 Å². The maximum absolute atomic E-state index is 12.1. The maximum Gasteiger partial charge on any atom is 0.242 e. The van der Waals surface area contributed by atoms with Crippen LogP contribution >= 0.6 is 23.2 Å². The van der Waals surface area contributed by atoms with Crippen molar-refractivity contribution in [2.75, 3.05) is 6.54 Å². The summed E-state index contributed by atoms with van der Waals surface area (Å²) in [5.41, 5.74) is 0. The second kappa shape index (κ2) is 6.56. The average Bonchev–Trinajstić information content (AvgIpc) is 2.32. The minimum atomic E-state index is -3.90. The largest absolute Gasteiger partial charge is 0.355 e. The van der Waals surface area contributed by atoms with Gasteiger partial charge in [0.25, 0.3) is 0 Å². The third-order valence-electron chi connectivity index (χ3n) is 2.28. The normalized spacial score (nSPS) is 13.1. The lowest BCUT2D eigenvalue weighted by Gasteiger charge is -2.14. The summed E-state index contributed by atoms with van der Waals surface area (Å²) in [7, 11) is -3.90. The summed E-state index contributed by atoms with van der Waals surface area (Å²) < 4.78 is 26.4. The molecule has 0 aliphatic carbocycles. The second-order valence-corrected chi connectivity index (χ2v) is 6.26. The summed E-state index contributed by atoms with van der Waals surface area (Å²) in [5.74, 6) is -0.413. The summed E-state index contributed by atoms with van der Waals surface area (Å²) in [4.78, 5) is 11.4. The zero-order valence-electron chi connectivity index (χ0n) is 10.4. The lowest BCUT2D eigenvalue weighted by Crippen LogP contribution is -2.44. The molecule has 0 radical (unpaired) electrons. The van der Waals surface area contributed by atoms with Crippen molar-refractivity contribution in [1.82, 2.24) is 10.0 Å². The molecule has 1 atom stereocenters. The predicted molar refractivity (Wildman–Crippen MR) is 74.9 cm³/mol. The van der Waals surface area contributed by atoms with Gasteiger partial charge in [0.05, 0.1) is 16.1 Å². The fourth-order valence-corrected chi connectivity index (χ4v) is 3.33. The van der Waals surface area contributed by atoms with Gasteiger partial charge in [-0.25, -0.2) is 8.42 Å². The van der Waals surface area contributed by atoms with E-state index in [1.807, 2.05) is 0 Å². The van der Waals surface area contributed by atoms with Crippen LogP contribution in [0.1, 0.15) is 13.8 Å². The SMILES string of the molecule is CCNC(=O)[C@@H](C)NS(=O)(=O)c1cccc(Cl)c1Cl. The van der Waals surface area contributed by atoms with Gasteiger partial charge in [0.2, 0.25) is 15.9 Å². The lowest BCUT2D eigenvalue weighted by atomic mass is 10.3. The molecule has 1 amide bonds. The Labute approximate surface area is 122 Å². The van der Waals surface area contributed by atoms with Gasteiger partial charge in [0, 0.05) is 6.54 Å². The van der Waals surface area contributed by atoms with Crippen LogP contribution in [0.5, 0.6) is 0 Å². The van der Waals surface area contributed by atoms with Crippen LogP contribution in [0, 0.1) is 0 Å². The Kier molecular flexibility index (Phi) is 5.61. The molecule has 0 aromatic heterocycles. The zero-order chi connectivity index (χ0) is 14.6. The fourth-order valence-electron chi connectivity index (χ4n) is 1.37. The van der Waals surface area contributed by atoms with Crippen LogP contribution in [0.15, 0.2) is 23.1 Å². The van der Waals surface area contributed by atoms with Crippen molar-refractivity contribution in [2.24, 2.45) is 0 Å². The van der Waals surface area contributed by atoms with E-state index in [4.69, 9.17) is 23.2 Å². The number of rotatable bonds is 5. The van der Waals surface area contributed by atoms with Gasteiger partial charge in [-0.3, -0.25) is 4.79 Å². The minimum absolute atomic E-state index is 0.0697. The van der Waals surface area contributed by atoms with Crippen molar-refractivity contribution in [1.29, 1.82) is 0 Å². The van der Waals surface area contributed by atoms with E-state index in [-0.39, 0.29) is 14.9 Å². The highest BCUT2D eigenvalue weighted by atomic mass is 35.5. The molecule has 0 spiro atoms. The molecule has 0 aliphatic heterocycles. The number of hydrogen-bond acceptors (Lipinski definition) is 3. The number of hydrogen-bond donors (Lipinski definition) is 2. The van der Waals surface area contributed by atoms with E-state index in [1.54, 1.807) is 6.92 Å². The van der Waals surface area contributed by atoms with E-state index in [9.17, 15) is 13.2 Å². The van der Waals surface area contributed by atoms with Crippen LogP contribution in [-0.4, -0.2) is 26.9 Å². The molecule has 0 saturated heterocycles. The summed E-state index contributed by atoms with van der Waals surface area (Å²) >= 11 is 11.6. The molecule has 106 valence electrons. The smallest absolute Gasteiger partial charge is 0.242 e. The zero-order valence-corrected chi connectivity index (χ0v) is 12.7. The number of sulfonamides is 1. The quantitative estimate of drug-likeness (QED) is 0.867. The molecule has 2 N–H and O–H groups in total. The van der Waals surface area contributed by atoms with Crippen LogP contribution in [0.3, 0.4) is 0 Å². The molecule has 0 unspecified atom stereocenters. The van der Waals surface area contributed by atoms with Gasteiger partial charge in [0.1, 0.15) is 4.90 Å². The molecule has 19 heavy (non-hydrogen) atoms. The summed E-state index contributed by atoms with van der Waals surface area (Å²) in [6.45, 7) is 3.61. The van der Waals surface area contributed by atoms with Gasteiger partial charge in [-0.05, 0) is 26.0 Å². The Morgan fingerprint density at radius 3 is 2.58 bits per heavy atom. The molecule has 1 aromatic rings. The van der Waals surface area contributed by atoms with Gasteiger partial charge in [-0.2, -0.15) is 4.72 Å². The first-order valence-electron chi connectivity index (χ1n) is 5.53. The Balaban J connectivity index is 2.99. The van der Waals surface area contributed by atoms with E-state index in [2.05, 4.69) is 10.0 Å². The molecule has 0 saturated carbocycles. The first-order chi connectivity index (χ1) is 8.79. The molecule has 0 heterocycles. The fraction of sp³-hybridized carbons (Fsp3) is 0.364. The van der Waals surface area contributed by atoms with Gasteiger partial charge in [-0.15, -0.1) is 0 Å². The molecular weight excluding hydrogens is 311 g/mol. The number of carbonyl (C=O) groups is 1. The summed E-state index contributed by atoms with van der Waals surface area (Å²) in [5, 5.41) is 2.59. The van der Waals surface area contributed by atoms with Gasteiger partial charge < -0.3 is 5.32 Å². The van der Waals surface area contributed by atoms with Crippen LogP contribution in [-0.2, 0) is 14.8 Å². The van der Waals surface area contributed by atoms with E-state index >= 15 is 0 Å². The number of likely N-dealkylation sites (N-methyl/N-ethyl adjacent to an activating group) is 1. The predicted octanol–water partition coefficient (Wildman–Crippen LogP) is 1.80. The second-order valence-electron chi connectivity index (χ2n) is 3.79. The average molecular weight is 325 g/mol. The number of benzene rings is 1. The van der Waals surface area contributed by atoms with Crippen LogP contribution in [0.2, 0.25) is 10.0 Å². The molecule has 0 fully saturated rings. The summed E-state index contributed by atoms with van der Waals surface area (Å²) in [6, 6.07) is 3.37. The lowest BCUT2D eigenvalue weighted by molar-refractivity contribution is -0.122. The molecule has 0 bridgehead atoms. The minimum Gasteiger partial charge on any atom is -0.355 e. The van der Waals surface area contributed by atoms with Crippen molar-refractivity contribution in [2.45, 2.75) is 24.8 Å². The van der Waals surface area contributed by atoms with Gasteiger partial charge in [-0.1, -0.05) is 29.3 Å². The molecular formula is C11H14Cl2N2O3S. The van der Waals surface area contributed by atoms with Gasteiger partial charge in [0.15, 0.2) is 0 Å². The third kappa shape index (κ3) is 4.07. The van der Waals surface area contributed by atoms with Crippen LogP contribution < -0.4 is 10.0 Å². The summed E-state index contributed by atoms with van der Waals surface area (Å²) in [6.07, 6.45) is 0. The number of nitrogens with one attached hydrogen (secondary N) is 2. The molecule has 8 heteroatoms. The van der Waals surface area contributed by atoms with Crippen molar-refractivity contribution in [3.63, 3.8) is 0 Å². The number of carbonyl (C=O) groups excluding carboxylic acids is 1. The highest BCUT2D eigenvalue weighted by Crippen LogP contribution is 2.28. The van der Waals surface area contributed by atoms with Crippen molar-refractivity contribution in [3.05, 3.63) is 28.2 Å². The Hall–Kier alpha value is -0.820. The number of halogens is 2. The Morgan fingerprint density at radius 1 is 1.37 bits per heavy atom. The van der Waals surface area contributed by atoms with Crippen LogP contribution in [0.4, 0.5) is 0 Å². The highest BCUT2D eigenvalue weighted by molar-refractivity contribution is 7.89. The maximum atomic E-state index is 12.1. The van der Waals surface area contributed by atoms with Crippen molar-refractivity contribution >= 4 is 39.1 Å². The third-order valence-corrected chi connectivity index (χ3v) is 4.80. The van der Waals surface area contributed by atoms with E-state index < -0.39 is 22.0 Å². The van der Waals surface area contributed by atoms with Gasteiger partial charge >= 0.3 is 0 Å². The molecule has 1 rings (SSSR count). The van der Waals surface area contributed by atoms with Crippen LogP contribution in [0.25, 0.3) is 0 Å². The first-order valence-corrected chi connectivity index (χ1v) is 7.77. The molecule has 1 aromatic carbocycles. The first kappa shape index (κ1) is 16.2. The number of amides is 1. The Morgan fingerprint density at radius 2 is 2.00 bits per heavy atom. The topological polar surface area (TPSA) is 75.3 Å². The Bertz CT molecular complexity index is 575. The van der Waals surface area contributed by atoms with Crippen molar-refractivity contribution in [3.8, 4) is 0 Å². The van der Waals surface area contributed by atoms with E-state index in [0.29, 0.717) is 6.54 Å². The standard InChI is InChI=1S/C11H14Cl2N2O3S/c1-3-14-11(16)7(2)15-19(17,18)9-6-4-5-8(12)10(9)13/h4-7,15H,3H2,1-2H3,(H,14,16)/t7-/m1/s1. The molecule has 0 aliphatic rings. The van der Waals surface area contributed by atoms with Crippen molar-refractivity contribution < 1.29 is 13.2 Å².